The number of likely N-dealkylation sites (tertiary alicyclic amines) is 1. The Labute approximate surface area is 121 Å². The Morgan fingerprint density at radius 1 is 1.40 bits per heavy atom. The number of hydrogen-bond acceptors (Lipinski definition) is 3. The van der Waals surface area contributed by atoms with E-state index in [1.165, 1.54) is 6.42 Å². The second kappa shape index (κ2) is 6.39. The molecule has 5 heteroatoms. The van der Waals surface area contributed by atoms with Crippen LogP contribution in [0.1, 0.15) is 44.7 Å². The molecule has 0 bridgehead atoms. The van der Waals surface area contributed by atoms with Gasteiger partial charge < -0.3 is 10.6 Å². The third-order valence-corrected chi connectivity index (χ3v) is 4.38. The number of hydrogen-bond donors (Lipinski definition) is 1. The van der Waals surface area contributed by atoms with Gasteiger partial charge in [0.05, 0.1) is 6.20 Å². The van der Waals surface area contributed by atoms with Gasteiger partial charge in [-0.15, -0.1) is 0 Å². The van der Waals surface area contributed by atoms with Crippen molar-refractivity contribution in [1.82, 2.24) is 14.7 Å². The molecule has 20 heavy (non-hydrogen) atoms. The number of amides is 1. The Balaban J connectivity index is 1.98. The van der Waals surface area contributed by atoms with E-state index < -0.39 is 6.04 Å². The fourth-order valence-electron chi connectivity index (χ4n) is 2.95. The SMILES string of the molecule is CC(C)C1CCCN(C(=O)C(N)c2cnn(C)c2)CC1. The van der Waals surface area contributed by atoms with E-state index in [4.69, 9.17) is 5.73 Å². The van der Waals surface area contributed by atoms with Gasteiger partial charge in [-0.2, -0.15) is 5.10 Å². The molecule has 1 aliphatic rings. The van der Waals surface area contributed by atoms with Crippen LogP contribution in [0.4, 0.5) is 0 Å². The molecule has 112 valence electrons. The lowest BCUT2D eigenvalue weighted by Crippen LogP contribution is -2.39. The summed E-state index contributed by atoms with van der Waals surface area (Å²) in [7, 11) is 1.83. The van der Waals surface area contributed by atoms with Crippen LogP contribution in [0.5, 0.6) is 0 Å². The molecule has 1 aromatic heterocycles. The number of nitrogens with zero attached hydrogens (tertiary/aromatic N) is 3. The maximum absolute atomic E-state index is 12.5. The Morgan fingerprint density at radius 3 is 2.75 bits per heavy atom. The lowest BCUT2D eigenvalue weighted by molar-refractivity contribution is -0.132. The summed E-state index contributed by atoms with van der Waals surface area (Å²) < 4.78 is 1.68. The molecule has 0 aliphatic carbocycles. The minimum absolute atomic E-state index is 0.0300. The van der Waals surface area contributed by atoms with E-state index >= 15 is 0 Å². The summed E-state index contributed by atoms with van der Waals surface area (Å²) >= 11 is 0. The molecular weight excluding hydrogens is 252 g/mol. The van der Waals surface area contributed by atoms with Gasteiger partial charge in [0.15, 0.2) is 0 Å². The van der Waals surface area contributed by atoms with Crippen LogP contribution < -0.4 is 5.73 Å². The van der Waals surface area contributed by atoms with Crippen LogP contribution in [-0.2, 0) is 11.8 Å². The van der Waals surface area contributed by atoms with Crippen molar-refractivity contribution in [2.75, 3.05) is 13.1 Å². The molecule has 2 rings (SSSR count). The van der Waals surface area contributed by atoms with E-state index in [0.717, 1.165) is 37.4 Å². The first kappa shape index (κ1) is 15.0. The van der Waals surface area contributed by atoms with E-state index in [2.05, 4.69) is 18.9 Å². The highest BCUT2D eigenvalue weighted by molar-refractivity contribution is 5.82. The summed E-state index contributed by atoms with van der Waals surface area (Å²) in [5.41, 5.74) is 6.88. The third-order valence-electron chi connectivity index (χ3n) is 4.38. The van der Waals surface area contributed by atoms with Gasteiger partial charge in [-0.1, -0.05) is 13.8 Å². The van der Waals surface area contributed by atoms with E-state index in [1.54, 1.807) is 10.9 Å². The number of nitrogens with two attached hydrogens (primary N) is 1. The third kappa shape index (κ3) is 3.39. The molecular formula is C15H26N4O. The Kier molecular flexibility index (Phi) is 4.81. The highest BCUT2D eigenvalue weighted by Gasteiger charge is 2.26. The van der Waals surface area contributed by atoms with Gasteiger partial charge >= 0.3 is 0 Å². The molecule has 2 N–H and O–H groups in total. The molecule has 2 heterocycles. The number of carbonyl (C=O) groups is 1. The van der Waals surface area contributed by atoms with E-state index in [9.17, 15) is 4.79 Å². The Hall–Kier alpha value is -1.36. The minimum Gasteiger partial charge on any atom is -0.341 e. The number of aromatic nitrogens is 2. The summed E-state index contributed by atoms with van der Waals surface area (Å²) in [5, 5.41) is 4.08. The van der Waals surface area contributed by atoms with Crippen molar-refractivity contribution >= 4 is 5.91 Å². The number of carbonyl (C=O) groups excluding carboxylic acids is 1. The minimum atomic E-state index is -0.584. The first-order valence-corrected chi connectivity index (χ1v) is 7.52. The lowest BCUT2D eigenvalue weighted by atomic mass is 9.89. The number of aryl methyl sites for hydroxylation is 1. The van der Waals surface area contributed by atoms with Crippen LogP contribution in [-0.4, -0.2) is 33.7 Å². The zero-order valence-electron chi connectivity index (χ0n) is 12.7. The van der Waals surface area contributed by atoms with Crippen LogP contribution in [0.2, 0.25) is 0 Å². The van der Waals surface area contributed by atoms with Gasteiger partial charge in [-0.25, -0.2) is 0 Å². The zero-order valence-corrected chi connectivity index (χ0v) is 12.7. The Morgan fingerprint density at radius 2 is 2.15 bits per heavy atom. The van der Waals surface area contributed by atoms with Crippen molar-refractivity contribution in [2.24, 2.45) is 24.6 Å². The molecule has 2 atom stereocenters. The fourth-order valence-corrected chi connectivity index (χ4v) is 2.95. The highest BCUT2D eigenvalue weighted by Crippen LogP contribution is 2.25. The molecule has 1 amide bonds. The molecule has 0 spiro atoms. The lowest BCUT2D eigenvalue weighted by Gasteiger charge is -2.24. The molecule has 1 aromatic rings. The average molecular weight is 278 g/mol. The average Bonchev–Trinajstić information content (AvgIpc) is 2.70. The first-order valence-electron chi connectivity index (χ1n) is 7.52. The predicted octanol–water partition coefficient (Wildman–Crippen LogP) is 1.70. The van der Waals surface area contributed by atoms with Crippen LogP contribution in [0.25, 0.3) is 0 Å². The van der Waals surface area contributed by atoms with Gasteiger partial charge in [0.1, 0.15) is 6.04 Å². The van der Waals surface area contributed by atoms with Gasteiger partial charge in [0.2, 0.25) is 5.91 Å². The van der Waals surface area contributed by atoms with E-state index in [0.29, 0.717) is 5.92 Å². The van der Waals surface area contributed by atoms with Crippen LogP contribution in [0.15, 0.2) is 12.4 Å². The van der Waals surface area contributed by atoms with Crippen molar-refractivity contribution in [3.05, 3.63) is 18.0 Å². The van der Waals surface area contributed by atoms with Crippen molar-refractivity contribution in [3.63, 3.8) is 0 Å². The highest BCUT2D eigenvalue weighted by atomic mass is 16.2. The molecule has 0 radical (unpaired) electrons. The molecule has 0 saturated carbocycles. The molecule has 5 nitrogen and oxygen atoms in total. The monoisotopic (exact) mass is 278 g/mol. The summed E-state index contributed by atoms with van der Waals surface area (Å²) in [5.74, 6) is 1.45. The molecule has 1 saturated heterocycles. The van der Waals surface area contributed by atoms with Gasteiger partial charge in [-0.3, -0.25) is 9.48 Å². The number of rotatable bonds is 3. The second-order valence-electron chi connectivity index (χ2n) is 6.19. The summed E-state index contributed by atoms with van der Waals surface area (Å²) in [4.78, 5) is 14.4. The fraction of sp³-hybridized carbons (Fsp3) is 0.733. The van der Waals surface area contributed by atoms with E-state index in [1.807, 2.05) is 18.1 Å². The summed E-state index contributed by atoms with van der Waals surface area (Å²) in [6.45, 7) is 6.19. The van der Waals surface area contributed by atoms with Crippen LogP contribution in [0, 0.1) is 11.8 Å². The van der Waals surface area contributed by atoms with Crippen LogP contribution >= 0.6 is 0 Å². The van der Waals surface area contributed by atoms with Crippen molar-refractivity contribution < 1.29 is 4.79 Å². The summed E-state index contributed by atoms with van der Waals surface area (Å²) in [6, 6.07) is -0.584. The standard InChI is InChI=1S/C15H26N4O/c1-11(2)12-5-4-7-19(8-6-12)15(20)14(16)13-9-17-18(3)10-13/h9-12,14H,4-8,16H2,1-3H3. The molecule has 1 aliphatic heterocycles. The van der Waals surface area contributed by atoms with Crippen molar-refractivity contribution in [3.8, 4) is 0 Å². The first-order chi connectivity index (χ1) is 9.49. The normalized spacial score (nSPS) is 21.9. The quantitative estimate of drug-likeness (QED) is 0.915. The van der Waals surface area contributed by atoms with Gasteiger partial charge in [0, 0.05) is 31.9 Å². The summed E-state index contributed by atoms with van der Waals surface area (Å²) in [6.07, 6.45) is 6.87. The van der Waals surface area contributed by atoms with Gasteiger partial charge in [0.25, 0.3) is 0 Å². The largest absolute Gasteiger partial charge is 0.341 e. The topological polar surface area (TPSA) is 64.2 Å². The smallest absolute Gasteiger partial charge is 0.244 e. The van der Waals surface area contributed by atoms with Crippen LogP contribution in [0.3, 0.4) is 0 Å². The maximum Gasteiger partial charge on any atom is 0.244 e. The van der Waals surface area contributed by atoms with Crippen molar-refractivity contribution in [2.45, 2.75) is 39.2 Å². The van der Waals surface area contributed by atoms with E-state index in [-0.39, 0.29) is 5.91 Å². The predicted molar refractivity (Wildman–Crippen MR) is 78.9 cm³/mol. The second-order valence-corrected chi connectivity index (χ2v) is 6.19. The zero-order chi connectivity index (χ0) is 14.7. The molecule has 2 unspecified atom stereocenters. The maximum atomic E-state index is 12.5. The molecule has 1 fully saturated rings. The van der Waals surface area contributed by atoms with Crippen molar-refractivity contribution in [1.29, 1.82) is 0 Å². The van der Waals surface area contributed by atoms with Gasteiger partial charge in [-0.05, 0) is 31.1 Å². The Bertz CT molecular complexity index is 454. The molecule has 0 aromatic carbocycles.